The Labute approximate surface area is 123 Å². The molecule has 0 spiro atoms. The van der Waals surface area contributed by atoms with Crippen LogP contribution in [0.4, 0.5) is 4.79 Å². The van der Waals surface area contributed by atoms with Crippen LogP contribution >= 0.6 is 0 Å². The summed E-state index contributed by atoms with van der Waals surface area (Å²) >= 11 is 0. The SMILES string of the molecule is COC(=O)NCc1cccn1S(=O)(=O)c1ccc(C)cc1. The van der Waals surface area contributed by atoms with Gasteiger partial charge in [-0.15, -0.1) is 0 Å². The van der Waals surface area contributed by atoms with E-state index in [0.29, 0.717) is 5.69 Å². The number of ether oxygens (including phenoxy) is 1. The lowest BCUT2D eigenvalue weighted by Gasteiger charge is -2.11. The van der Waals surface area contributed by atoms with Crippen molar-refractivity contribution < 1.29 is 17.9 Å². The summed E-state index contributed by atoms with van der Waals surface area (Å²) in [6, 6.07) is 9.83. The maximum absolute atomic E-state index is 12.6. The lowest BCUT2D eigenvalue weighted by Crippen LogP contribution is -2.25. The lowest BCUT2D eigenvalue weighted by atomic mass is 10.2. The van der Waals surface area contributed by atoms with Gasteiger partial charge in [-0.05, 0) is 31.2 Å². The van der Waals surface area contributed by atoms with E-state index in [1.165, 1.54) is 13.3 Å². The number of alkyl carbamates (subject to hydrolysis) is 1. The van der Waals surface area contributed by atoms with Crippen LogP contribution in [-0.4, -0.2) is 25.6 Å². The molecule has 0 bridgehead atoms. The van der Waals surface area contributed by atoms with Crippen LogP contribution in [0.3, 0.4) is 0 Å². The maximum Gasteiger partial charge on any atom is 0.407 e. The number of amides is 1. The van der Waals surface area contributed by atoms with Gasteiger partial charge in [0, 0.05) is 6.20 Å². The fraction of sp³-hybridized carbons (Fsp3) is 0.214. The first-order valence-corrected chi connectivity index (χ1v) is 7.69. The highest BCUT2D eigenvalue weighted by Gasteiger charge is 2.19. The molecule has 0 saturated carbocycles. The molecule has 1 aromatic heterocycles. The fourth-order valence-corrected chi connectivity index (χ4v) is 3.20. The number of hydrogen-bond donors (Lipinski definition) is 1. The Balaban J connectivity index is 2.31. The van der Waals surface area contributed by atoms with Gasteiger partial charge in [-0.1, -0.05) is 17.7 Å². The van der Waals surface area contributed by atoms with Crippen molar-refractivity contribution in [2.24, 2.45) is 0 Å². The lowest BCUT2D eigenvalue weighted by molar-refractivity contribution is 0.170. The monoisotopic (exact) mass is 308 g/mol. The molecule has 7 heteroatoms. The summed E-state index contributed by atoms with van der Waals surface area (Å²) < 4.78 is 30.7. The van der Waals surface area contributed by atoms with Crippen LogP contribution in [0.1, 0.15) is 11.3 Å². The van der Waals surface area contributed by atoms with Gasteiger partial charge < -0.3 is 10.1 Å². The summed E-state index contributed by atoms with van der Waals surface area (Å²) in [5.41, 5.74) is 1.43. The van der Waals surface area contributed by atoms with Crippen molar-refractivity contribution in [1.82, 2.24) is 9.29 Å². The van der Waals surface area contributed by atoms with Gasteiger partial charge in [0.05, 0.1) is 24.2 Å². The molecule has 1 aromatic carbocycles. The molecule has 0 fully saturated rings. The van der Waals surface area contributed by atoms with Crippen LogP contribution < -0.4 is 5.32 Å². The minimum absolute atomic E-state index is 0.0603. The highest BCUT2D eigenvalue weighted by molar-refractivity contribution is 7.90. The molecule has 112 valence electrons. The predicted octanol–water partition coefficient (Wildman–Crippen LogP) is 1.89. The molecule has 0 saturated heterocycles. The molecule has 0 aliphatic rings. The first-order chi connectivity index (χ1) is 9.95. The van der Waals surface area contributed by atoms with E-state index in [1.807, 2.05) is 6.92 Å². The van der Waals surface area contributed by atoms with Gasteiger partial charge in [0.1, 0.15) is 0 Å². The second-order valence-electron chi connectivity index (χ2n) is 4.46. The molecule has 0 aliphatic heterocycles. The van der Waals surface area contributed by atoms with E-state index in [0.717, 1.165) is 9.54 Å². The van der Waals surface area contributed by atoms with E-state index in [9.17, 15) is 13.2 Å². The number of nitrogens with one attached hydrogen (secondary N) is 1. The highest BCUT2D eigenvalue weighted by atomic mass is 32.2. The van der Waals surface area contributed by atoms with Gasteiger partial charge in [-0.3, -0.25) is 0 Å². The Hall–Kier alpha value is -2.28. The van der Waals surface area contributed by atoms with Gasteiger partial charge in [-0.2, -0.15) is 0 Å². The van der Waals surface area contributed by atoms with Crippen molar-refractivity contribution in [3.05, 3.63) is 53.9 Å². The number of carbonyl (C=O) groups is 1. The number of benzene rings is 1. The summed E-state index contributed by atoms with van der Waals surface area (Å²) in [6.07, 6.45) is 0.833. The number of rotatable bonds is 4. The number of carbonyl (C=O) groups excluding carboxylic acids is 1. The van der Waals surface area contributed by atoms with Gasteiger partial charge in [-0.25, -0.2) is 17.2 Å². The molecule has 21 heavy (non-hydrogen) atoms. The number of nitrogens with zero attached hydrogens (tertiary/aromatic N) is 1. The summed E-state index contributed by atoms with van der Waals surface area (Å²) in [6.45, 7) is 1.95. The van der Waals surface area contributed by atoms with E-state index in [-0.39, 0.29) is 11.4 Å². The molecule has 0 radical (unpaired) electrons. The fourth-order valence-electron chi connectivity index (χ4n) is 1.83. The quantitative estimate of drug-likeness (QED) is 0.935. The first-order valence-electron chi connectivity index (χ1n) is 6.25. The molecule has 1 heterocycles. The predicted molar refractivity (Wildman–Crippen MR) is 77.4 cm³/mol. The Morgan fingerprint density at radius 1 is 1.24 bits per heavy atom. The largest absolute Gasteiger partial charge is 0.453 e. The third-order valence-corrected chi connectivity index (χ3v) is 4.71. The number of methoxy groups -OCH3 is 1. The number of aromatic nitrogens is 1. The molecule has 1 N–H and O–H groups in total. The van der Waals surface area contributed by atoms with Crippen molar-refractivity contribution in [3.8, 4) is 0 Å². The van der Waals surface area contributed by atoms with Crippen molar-refractivity contribution in [1.29, 1.82) is 0 Å². The van der Waals surface area contributed by atoms with E-state index in [4.69, 9.17) is 0 Å². The molecule has 6 nitrogen and oxygen atoms in total. The molecule has 0 atom stereocenters. The van der Waals surface area contributed by atoms with Crippen LogP contribution in [0.2, 0.25) is 0 Å². The molecular formula is C14H16N2O4S. The maximum atomic E-state index is 12.6. The smallest absolute Gasteiger partial charge is 0.407 e. The van der Waals surface area contributed by atoms with Crippen LogP contribution in [0.15, 0.2) is 47.5 Å². The topological polar surface area (TPSA) is 77.4 Å². The third-order valence-electron chi connectivity index (χ3n) is 2.97. The zero-order chi connectivity index (χ0) is 15.5. The Morgan fingerprint density at radius 2 is 1.90 bits per heavy atom. The Morgan fingerprint density at radius 3 is 2.52 bits per heavy atom. The molecule has 2 aromatic rings. The minimum atomic E-state index is -3.67. The van der Waals surface area contributed by atoms with Crippen molar-refractivity contribution >= 4 is 16.1 Å². The molecular weight excluding hydrogens is 292 g/mol. The van der Waals surface area contributed by atoms with Crippen LogP contribution in [0.25, 0.3) is 0 Å². The minimum Gasteiger partial charge on any atom is -0.453 e. The average Bonchev–Trinajstić information content (AvgIpc) is 2.94. The van der Waals surface area contributed by atoms with E-state index in [2.05, 4.69) is 10.1 Å². The summed E-state index contributed by atoms with van der Waals surface area (Å²) in [5.74, 6) is 0. The van der Waals surface area contributed by atoms with Crippen LogP contribution in [-0.2, 0) is 21.3 Å². The summed E-state index contributed by atoms with van der Waals surface area (Å²) in [5, 5.41) is 2.46. The third kappa shape index (κ3) is 3.25. The van der Waals surface area contributed by atoms with E-state index >= 15 is 0 Å². The van der Waals surface area contributed by atoms with Gasteiger partial charge in [0.15, 0.2) is 0 Å². The van der Waals surface area contributed by atoms with Gasteiger partial charge in [0.25, 0.3) is 10.0 Å². The van der Waals surface area contributed by atoms with E-state index < -0.39 is 16.1 Å². The highest BCUT2D eigenvalue weighted by Crippen LogP contribution is 2.17. The van der Waals surface area contributed by atoms with Crippen molar-refractivity contribution in [3.63, 3.8) is 0 Å². The molecule has 2 rings (SSSR count). The average molecular weight is 308 g/mol. The molecule has 0 unspecified atom stereocenters. The molecule has 0 aliphatic carbocycles. The first kappa shape index (κ1) is 15.1. The van der Waals surface area contributed by atoms with Gasteiger partial charge in [0.2, 0.25) is 0 Å². The van der Waals surface area contributed by atoms with E-state index in [1.54, 1.807) is 36.4 Å². The second-order valence-corrected chi connectivity index (χ2v) is 6.27. The summed E-state index contributed by atoms with van der Waals surface area (Å²) in [7, 11) is -2.43. The van der Waals surface area contributed by atoms with Gasteiger partial charge >= 0.3 is 6.09 Å². The number of hydrogen-bond acceptors (Lipinski definition) is 4. The zero-order valence-corrected chi connectivity index (χ0v) is 12.6. The van der Waals surface area contributed by atoms with Crippen molar-refractivity contribution in [2.75, 3.05) is 7.11 Å². The standard InChI is InChI=1S/C14H16N2O4S/c1-11-5-7-13(8-6-11)21(18,19)16-9-3-4-12(16)10-15-14(17)20-2/h3-9H,10H2,1-2H3,(H,15,17). The van der Waals surface area contributed by atoms with Crippen LogP contribution in [0.5, 0.6) is 0 Å². The number of aryl methyl sites for hydroxylation is 1. The zero-order valence-electron chi connectivity index (χ0n) is 11.7. The van der Waals surface area contributed by atoms with Crippen LogP contribution in [0, 0.1) is 6.92 Å². The summed E-state index contributed by atoms with van der Waals surface area (Å²) in [4.78, 5) is 11.3. The van der Waals surface area contributed by atoms with Crippen molar-refractivity contribution in [2.45, 2.75) is 18.4 Å². The normalized spacial score (nSPS) is 11.1. The Kier molecular flexibility index (Phi) is 4.32. The second kappa shape index (κ2) is 6.01. The Bertz CT molecular complexity index is 733. The molecule has 1 amide bonds.